The van der Waals surface area contributed by atoms with E-state index in [0.717, 1.165) is 11.1 Å². The van der Waals surface area contributed by atoms with Gasteiger partial charge in [-0.15, -0.1) is 0 Å². The average Bonchev–Trinajstić information content (AvgIpc) is 2.85. The number of amides is 1. The fourth-order valence-corrected chi connectivity index (χ4v) is 5.75. The van der Waals surface area contributed by atoms with Gasteiger partial charge in [0.05, 0.1) is 11.8 Å². The van der Waals surface area contributed by atoms with Crippen LogP contribution in [-0.2, 0) is 20.6 Å². The van der Waals surface area contributed by atoms with Crippen LogP contribution in [-0.4, -0.2) is 31.7 Å². The maximum absolute atomic E-state index is 13.1. The number of benzene rings is 3. The van der Waals surface area contributed by atoms with Gasteiger partial charge < -0.3 is 5.32 Å². The summed E-state index contributed by atoms with van der Waals surface area (Å²) in [5.74, 6) is -0.887. The summed E-state index contributed by atoms with van der Waals surface area (Å²) in [6.45, 7) is 0.589. The Morgan fingerprint density at radius 2 is 1.39 bits per heavy atom. The molecule has 172 valence electrons. The second kappa shape index (κ2) is 10.3. The molecule has 33 heavy (non-hydrogen) atoms. The van der Waals surface area contributed by atoms with E-state index in [0.29, 0.717) is 31.5 Å². The van der Waals surface area contributed by atoms with Crippen LogP contribution in [0.25, 0.3) is 0 Å². The normalized spacial score (nSPS) is 15.5. The first-order chi connectivity index (χ1) is 15.9. The highest BCUT2D eigenvalue weighted by molar-refractivity contribution is 7.88. The first-order valence-corrected chi connectivity index (χ1v) is 12.7. The number of nitrogens with one attached hydrogen (secondary N) is 1. The molecule has 0 atom stereocenters. The van der Waals surface area contributed by atoms with Crippen LogP contribution < -0.4 is 5.32 Å². The molecule has 0 saturated carbocycles. The predicted octanol–water partition coefficient (Wildman–Crippen LogP) is 4.27. The first kappa shape index (κ1) is 23.1. The van der Waals surface area contributed by atoms with Gasteiger partial charge in [-0.2, -0.15) is 0 Å². The Kier molecular flexibility index (Phi) is 7.20. The topological polar surface area (TPSA) is 66.5 Å². The van der Waals surface area contributed by atoms with Crippen LogP contribution in [0.1, 0.15) is 35.6 Å². The second-order valence-corrected chi connectivity index (χ2v) is 10.3. The minimum Gasteiger partial charge on any atom is -0.345 e. The molecule has 1 aliphatic rings. The van der Waals surface area contributed by atoms with E-state index < -0.39 is 15.8 Å². The highest BCUT2D eigenvalue weighted by Gasteiger charge is 2.32. The average molecular weight is 467 g/mol. The van der Waals surface area contributed by atoms with Gasteiger partial charge in [0.25, 0.3) is 0 Å². The molecule has 0 radical (unpaired) electrons. The van der Waals surface area contributed by atoms with Crippen molar-refractivity contribution in [3.63, 3.8) is 0 Å². The molecule has 4 rings (SSSR count). The van der Waals surface area contributed by atoms with Crippen LogP contribution in [0.3, 0.4) is 0 Å². The standard InChI is InChI=1S/C26H27FN2O3S/c27-24-13-11-20(12-14-24)19-33(31,32)29-17-15-23(16-18-29)26(30)28-25(21-7-3-1-4-8-21)22-9-5-2-6-10-22/h1-14,23,25H,15-19H2,(H,28,30). The van der Waals surface area contributed by atoms with E-state index in [1.165, 1.54) is 28.6 Å². The van der Waals surface area contributed by atoms with Crippen molar-refractivity contribution in [2.75, 3.05) is 13.1 Å². The molecular weight excluding hydrogens is 439 g/mol. The summed E-state index contributed by atoms with van der Waals surface area (Å²) >= 11 is 0. The summed E-state index contributed by atoms with van der Waals surface area (Å²) in [5.41, 5.74) is 2.54. The number of piperidine rings is 1. The van der Waals surface area contributed by atoms with Crippen molar-refractivity contribution in [1.82, 2.24) is 9.62 Å². The van der Waals surface area contributed by atoms with Crippen LogP contribution in [0.2, 0.25) is 0 Å². The molecule has 0 spiro atoms. The van der Waals surface area contributed by atoms with Crippen LogP contribution in [0.4, 0.5) is 4.39 Å². The number of carbonyl (C=O) groups excluding carboxylic acids is 1. The molecule has 1 amide bonds. The smallest absolute Gasteiger partial charge is 0.223 e. The van der Waals surface area contributed by atoms with Crippen molar-refractivity contribution in [1.29, 1.82) is 0 Å². The van der Waals surface area contributed by atoms with E-state index in [2.05, 4.69) is 5.32 Å². The number of nitrogens with zero attached hydrogens (tertiary/aromatic N) is 1. The van der Waals surface area contributed by atoms with Crippen molar-refractivity contribution in [3.05, 3.63) is 107 Å². The molecule has 1 saturated heterocycles. The third-order valence-corrected chi connectivity index (χ3v) is 7.88. The maximum Gasteiger partial charge on any atom is 0.223 e. The molecule has 0 aromatic heterocycles. The van der Waals surface area contributed by atoms with Crippen molar-refractivity contribution in [2.24, 2.45) is 5.92 Å². The highest BCUT2D eigenvalue weighted by atomic mass is 32.2. The lowest BCUT2D eigenvalue weighted by Gasteiger charge is -2.31. The SMILES string of the molecule is O=C(NC(c1ccccc1)c1ccccc1)C1CCN(S(=O)(=O)Cc2ccc(F)cc2)CC1. The fraction of sp³-hybridized carbons (Fsp3) is 0.269. The molecular formula is C26H27FN2O3S. The predicted molar refractivity (Wildman–Crippen MR) is 126 cm³/mol. The summed E-state index contributed by atoms with van der Waals surface area (Å²) in [6.07, 6.45) is 0.926. The molecule has 0 bridgehead atoms. The molecule has 7 heteroatoms. The van der Waals surface area contributed by atoms with Crippen molar-refractivity contribution in [2.45, 2.75) is 24.6 Å². The van der Waals surface area contributed by atoms with Crippen molar-refractivity contribution < 1.29 is 17.6 Å². The van der Waals surface area contributed by atoms with Crippen LogP contribution in [0, 0.1) is 11.7 Å². The van der Waals surface area contributed by atoms with Gasteiger partial charge in [-0.25, -0.2) is 17.1 Å². The van der Waals surface area contributed by atoms with Crippen LogP contribution in [0.5, 0.6) is 0 Å². The summed E-state index contributed by atoms with van der Waals surface area (Å²) in [6, 6.07) is 24.9. The van der Waals surface area contributed by atoms with Gasteiger partial charge in [0.15, 0.2) is 0 Å². The second-order valence-electron chi connectivity index (χ2n) is 8.32. The zero-order valence-corrected chi connectivity index (χ0v) is 19.0. The molecule has 1 N–H and O–H groups in total. The number of rotatable bonds is 7. The summed E-state index contributed by atoms with van der Waals surface area (Å²) in [7, 11) is -3.53. The molecule has 0 unspecified atom stereocenters. The van der Waals surface area contributed by atoms with Crippen molar-refractivity contribution in [3.8, 4) is 0 Å². The Morgan fingerprint density at radius 1 is 0.879 bits per heavy atom. The summed E-state index contributed by atoms with van der Waals surface area (Å²) in [4.78, 5) is 13.1. The van der Waals surface area contributed by atoms with Crippen molar-refractivity contribution >= 4 is 15.9 Å². The quantitative estimate of drug-likeness (QED) is 0.565. The number of halogens is 1. The fourth-order valence-electron chi connectivity index (χ4n) is 4.19. The Morgan fingerprint density at radius 3 is 1.91 bits per heavy atom. The van der Waals surface area contributed by atoms with E-state index >= 15 is 0 Å². The lowest BCUT2D eigenvalue weighted by Crippen LogP contribution is -2.44. The van der Waals surface area contributed by atoms with Gasteiger partial charge in [-0.1, -0.05) is 72.8 Å². The zero-order chi connectivity index (χ0) is 23.3. The van der Waals surface area contributed by atoms with Gasteiger partial charge >= 0.3 is 0 Å². The lowest BCUT2D eigenvalue weighted by molar-refractivity contribution is -0.126. The number of hydrogen-bond acceptors (Lipinski definition) is 3. The van der Waals surface area contributed by atoms with E-state index in [-0.39, 0.29) is 23.6 Å². The zero-order valence-electron chi connectivity index (χ0n) is 18.2. The largest absolute Gasteiger partial charge is 0.345 e. The van der Waals surface area contributed by atoms with E-state index in [4.69, 9.17) is 0 Å². The summed E-state index contributed by atoms with van der Waals surface area (Å²) < 4.78 is 40.1. The Bertz CT molecular complexity index is 1120. The monoisotopic (exact) mass is 466 g/mol. The molecule has 5 nitrogen and oxygen atoms in total. The number of sulfonamides is 1. The van der Waals surface area contributed by atoms with Gasteiger partial charge in [0, 0.05) is 19.0 Å². The van der Waals surface area contributed by atoms with E-state index in [1.807, 2.05) is 60.7 Å². The minimum atomic E-state index is -3.53. The lowest BCUT2D eigenvalue weighted by atomic mass is 9.94. The molecule has 1 heterocycles. The molecule has 3 aromatic rings. The van der Waals surface area contributed by atoms with Crippen LogP contribution in [0.15, 0.2) is 84.9 Å². The van der Waals surface area contributed by atoms with Gasteiger partial charge in [-0.3, -0.25) is 4.79 Å². The Hall–Kier alpha value is -3.03. The minimum absolute atomic E-state index is 0.0664. The number of carbonyl (C=O) groups is 1. The molecule has 0 aliphatic carbocycles. The maximum atomic E-state index is 13.1. The van der Waals surface area contributed by atoms with E-state index in [9.17, 15) is 17.6 Å². The van der Waals surface area contributed by atoms with Gasteiger partial charge in [0.1, 0.15) is 5.82 Å². The third kappa shape index (κ3) is 5.86. The molecule has 1 fully saturated rings. The molecule has 3 aromatic carbocycles. The Labute approximate surface area is 194 Å². The summed E-state index contributed by atoms with van der Waals surface area (Å²) in [5, 5.41) is 3.18. The number of hydrogen-bond donors (Lipinski definition) is 1. The Balaban J connectivity index is 1.39. The van der Waals surface area contributed by atoms with E-state index in [1.54, 1.807) is 0 Å². The first-order valence-electron chi connectivity index (χ1n) is 11.0. The van der Waals surface area contributed by atoms with Gasteiger partial charge in [0.2, 0.25) is 15.9 Å². The van der Waals surface area contributed by atoms with Gasteiger partial charge in [-0.05, 0) is 41.7 Å². The third-order valence-electron chi connectivity index (χ3n) is 6.03. The molecule has 1 aliphatic heterocycles. The highest BCUT2D eigenvalue weighted by Crippen LogP contribution is 2.26. The van der Waals surface area contributed by atoms with Crippen LogP contribution >= 0.6 is 0 Å².